The Hall–Kier alpha value is -2.26. The van der Waals surface area contributed by atoms with E-state index in [4.69, 9.17) is 5.21 Å². The molecule has 0 bridgehead atoms. The standard InChI is InChI=1S/C21H25N3O4S/c25-21(22-26)14-19-18-8-4-5-9-20(18)29(27,28)24(19)17-10-12-23(13-11-17)15-16-6-2-1-3-7-16/h1-9,17,19,26H,10-15H2,(H,22,25). The monoisotopic (exact) mass is 415 g/mol. The maximum absolute atomic E-state index is 13.3. The van der Waals surface area contributed by atoms with Gasteiger partial charge in [-0.25, -0.2) is 13.9 Å². The number of benzene rings is 2. The summed E-state index contributed by atoms with van der Waals surface area (Å²) in [6.07, 6.45) is 1.31. The van der Waals surface area contributed by atoms with E-state index in [0.29, 0.717) is 18.4 Å². The molecule has 1 unspecified atom stereocenters. The lowest BCUT2D eigenvalue weighted by molar-refractivity contribution is -0.130. The van der Waals surface area contributed by atoms with Crippen molar-refractivity contribution >= 4 is 15.9 Å². The lowest BCUT2D eigenvalue weighted by Gasteiger charge is -2.38. The third-order valence-electron chi connectivity index (χ3n) is 5.81. The summed E-state index contributed by atoms with van der Waals surface area (Å²) in [5.41, 5.74) is 3.51. The first-order valence-electron chi connectivity index (χ1n) is 9.82. The minimum Gasteiger partial charge on any atom is -0.299 e. The highest BCUT2D eigenvalue weighted by molar-refractivity contribution is 7.89. The quantitative estimate of drug-likeness (QED) is 0.578. The molecule has 0 aromatic heterocycles. The van der Waals surface area contributed by atoms with E-state index < -0.39 is 22.0 Å². The van der Waals surface area contributed by atoms with Gasteiger partial charge in [0.2, 0.25) is 15.9 Å². The molecular formula is C21H25N3O4S. The number of piperidine rings is 1. The number of carbonyl (C=O) groups excluding carboxylic acids is 1. The third kappa shape index (κ3) is 3.93. The van der Waals surface area contributed by atoms with Crippen LogP contribution in [-0.2, 0) is 21.4 Å². The molecule has 2 N–H and O–H groups in total. The van der Waals surface area contributed by atoms with E-state index >= 15 is 0 Å². The summed E-state index contributed by atoms with van der Waals surface area (Å²) >= 11 is 0. The highest BCUT2D eigenvalue weighted by Gasteiger charge is 2.47. The molecule has 7 nitrogen and oxygen atoms in total. The number of sulfonamides is 1. The summed E-state index contributed by atoms with van der Waals surface area (Å²) in [5, 5.41) is 8.97. The summed E-state index contributed by atoms with van der Waals surface area (Å²) in [6, 6.07) is 16.3. The molecule has 29 heavy (non-hydrogen) atoms. The van der Waals surface area contributed by atoms with E-state index in [9.17, 15) is 13.2 Å². The second-order valence-electron chi connectivity index (χ2n) is 7.62. The molecule has 1 atom stereocenters. The van der Waals surface area contributed by atoms with Crippen molar-refractivity contribution in [1.29, 1.82) is 0 Å². The van der Waals surface area contributed by atoms with Crippen LogP contribution >= 0.6 is 0 Å². The first-order chi connectivity index (χ1) is 14.0. The van der Waals surface area contributed by atoms with Crippen LogP contribution in [0.15, 0.2) is 59.5 Å². The molecule has 2 aromatic rings. The first kappa shape index (κ1) is 20.0. The van der Waals surface area contributed by atoms with E-state index in [1.807, 2.05) is 18.2 Å². The Bertz CT molecular complexity index is 972. The largest absolute Gasteiger partial charge is 0.299 e. The molecule has 0 aliphatic carbocycles. The number of rotatable bonds is 5. The fourth-order valence-corrected chi connectivity index (χ4v) is 6.56. The fourth-order valence-electron chi connectivity index (χ4n) is 4.45. The molecule has 2 aliphatic heterocycles. The van der Waals surface area contributed by atoms with Crippen LogP contribution in [0.2, 0.25) is 0 Å². The Kier molecular flexibility index (Phi) is 5.69. The van der Waals surface area contributed by atoms with Crippen molar-refractivity contribution in [2.45, 2.75) is 42.8 Å². The maximum atomic E-state index is 13.3. The second-order valence-corrected chi connectivity index (χ2v) is 9.43. The van der Waals surface area contributed by atoms with Gasteiger partial charge in [0.15, 0.2) is 0 Å². The van der Waals surface area contributed by atoms with Gasteiger partial charge in [0.25, 0.3) is 0 Å². The summed E-state index contributed by atoms with van der Waals surface area (Å²) < 4.78 is 28.0. The molecule has 1 fully saturated rings. The van der Waals surface area contributed by atoms with Crippen molar-refractivity contribution in [3.8, 4) is 0 Å². The molecule has 1 amide bonds. The molecule has 2 aromatic carbocycles. The highest BCUT2D eigenvalue weighted by Crippen LogP contribution is 2.44. The van der Waals surface area contributed by atoms with Gasteiger partial charge >= 0.3 is 0 Å². The van der Waals surface area contributed by atoms with E-state index in [1.165, 1.54) is 9.87 Å². The summed E-state index contributed by atoms with van der Waals surface area (Å²) in [5.74, 6) is -0.589. The lowest BCUT2D eigenvalue weighted by atomic mass is 9.98. The normalized spacial score (nSPS) is 22.3. The van der Waals surface area contributed by atoms with Crippen molar-refractivity contribution in [3.63, 3.8) is 0 Å². The Morgan fingerprint density at radius 1 is 1.03 bits per heavy atom. The molecule has 2 aliphatic rings. The molecule has 0 radical (unpaired) electrons. The van der Waals surface area contributed by atoms with Gasteiger partial charge in [-0.2, -0.15) is 4.31 Å². The molecule has 4 rings (SSSR count). The molecule has 1 saturated heterocycles. The molecule has 0 saturated carbocycles. The topological polar surface area (TPSA) is 90.0 Å². The second kappa shape index (κ2) is 8.23. The average molecular weight is 416 g/mol. The molecule has 154 valence electrons. The maximum Gasteiger partial charge on any atom is 0.245 e. The molecule has 8 heteroatoms. The van der Waals surface area contributed by atoms with Crippen LogP contribution < -0.4 is 5.48 Å². The number of hydrogen-bond donors (Lipinski definition) is 2. The Balaban J connectivity index is 1.53. The number of hydrogen-bond acceptors (Lipinski definition) is 5. The minimum atomic E-state index is -3.67. The van der Waals surface area contributed by atoms with Crippen molar-refractivity contribution in [1.82, 2.24) is 14.7 Å². The average Bonchev–Trinajstić information content (AvgIpc) is 2.96. The number of hydroxylamine groups is 1. The van der Waals surface area contributed by atoms with Gasteiger partial charge < -0.3 is 0 Å². The van der Waals surface area contributed by atoms with Crippen LogP contribution in [0, 0.1) is 0 Å². The van der Waals surface area contributed by atoms with Gasteiger partial charge in [-0.3, -0.25) is 14.9 Å². The van der Waals surface area contributed by atoms with Gasteiger partial charge in [-0.05, 0) is 30.0 Å². The third-order valence-corrected chi connectivity index (χ3v) is 7.85. The van der Waals surface area contributed by atoms with Crippen molar-refractivity contribution in [2.75, 3.05) is 13.1 Å². The number of fused-ring (bicyclic) bond motifs is 1. The smallest absolute Gasteiger partial charge is 0.245 e. The number of nitrogens with one attached hydrogen (secondary N) is 1. The van der Waals surface area contributed by atoms with Crippen LogP contribution in [-0.4, -0.2) is 47.9 Å². The number of carbonyl (C=O) groups is 1. The van der Waals surface area contributed by atoms with Crippen molar-refractivity contribution in [3.05, 3.63) is 65.7 Å². The van der Waals surface area contributed by atoms with E-state index in [-0.39, 0.29) is 17.4 Å². The van der Waals surface area contributed by atoms with Gasteiger partial charge in [0.1, 0.15) is 0 Å². The zero-order valence-electron chi connectivity index (χ0n) is 16.1. The van der Waals surface area contributed by atoms with Crippen LogP contribution in [0.1, 0.15) is 36.4 Å². The fraction of sp³-hybridized carbons (Fsp3) is 0.381. The predicted octanol–water partition coefficient (Wildman–Crippen LogP) is 2.29. The first-order valence-corrected chi connectivity index (χ1v) is 11.3. The molecule has 0 spiro atoms. The SMILES string of the molecule is O=C(CC1c2ccccc2S(=O)(=O)N1C1CCN(Cc2ccccc2)CC1)NO. The zero-order valence-corrected chi connectivity index (χ0v) is 16.9. The number of likely N-dealkylation sites (tertiary alicyclic amines) is 1. The summed E-state index contributed by atoms with van der Waals surface area (Å²) in [4.78, 5) is 14.5. The van der Waals surface area contributed by atoms with Crippen molar-refractivity contribution < 1.29 is 18.4 Å². The van der Waals surface area contributed by atoms with Crippen LogP contribution in [0.5, 0.6) is 0 Å². The van der Waals surface area contributed by atoms with E-state index in [0.717, 1.165) is 19.6 Å². The Morgan fingerprint density at radius 3 is 2.38 bits per heavy atom. The van der Waals surface area contributed by atoms with Crippen LogP contribution in [0.4, 0.5) is 0 Å². The zero-order chi connectivity index (χ0) is 20.4. The van der Waals surface area contributed by atoms with Crippen LogP contribution in [0.3, 0.4) is 0 Å². The lowest BCUT2D eigenvalue weighted by Crippen LogP contribution is -2.46. The van der Waals surface area contributed by atoms with Gasteiger partial charge in [0.05, 0.1) is 10.9 Å². The highest BCUT2D eigenvalue weighted by atomic mass is 32.2. The number of amides is 1. The predicted molar refractivity (Wildman–Crippen MR) is 107 cm³/mol. The van der Waals surface area contributed by atoms with Gasteiger partial charge in [-0.1, -0.05) is 48.5 Å². The van der Waals surface area contributed by atoms with E-state index in [2.05, 4.69) is 17.0 Å². The Morgan fingerprint density at radius 2 is 1.69 bits per heavy atom. The van der Waals surface area contributed by atoms with Crippen molar-refractivity contribution in [2.24, 2.45) is 0 Å². The number of nitrogens with zero attached hydrogens (tertiary/aromatic N) is 2. The molecule has 2 heterocycles. The van der Waals surface area contributed by atoms with Gasteiger partial charge in [0, 0.05) is 32.1 Å². The minimum absolute atomic E-state index is 0.100. The Labute approximate surface area is 171 Å². The molecular weight excluding hydrogens is 390 g/mol. The van der Waals surface area contributed by atoms with E-state index in [1.54, 1.807) is 29.7 Å². The summed E-state index contributed by atoms with van der Waals surface area (Å²) in [7, 11) is -3.67. The van der Waals surface area contributed by atoms with Gasteiger partial charge in [-0.15, -0.1) is 0 Å². The summed E-state index contributed by atoms with van der Waals surface area (Å²) in [6.45, 7) is 2.43. The van der Waals surface area contributed by atoms with Crippen LogP contribution in [0.25, 0.3) is 0 Å².